The quantitative estimate of drug-likeness (QED) is 0.675. The van der Waals surface area contributed by atoms with E-state index >= 15 is 0 Å². The van der Waals surface area contributed by atoms with Crippen molar-refractivity contribution < 1.29 is 0 Å². The molecule has 1 N–H and O–H groups in total. The van der Waals surface area contributed by atoms with Crippen LogP contribution in [-0.2, 0) is 0 Å². The average Bonchev–Trinajstić information content (AvgIpc) is 2.17. The third kappa shape index (κ3) is 3.78. The molecule has 1 atom stereocenters. The minimum absolute atomic E-state index is 0.269. The molecule has 0 saturated heterocycles. The molecular weight excluding hydrogens is 158 g/mol. The summed E-state index contributed by atoms with van der Waals surface area (Å²) in [4.78, 5) is 0. The number of nitrogens with one attached hydrogen (secondary N) is 1. The Bertz CT molecular complexity index is 292. The van der Waals surface area contributed by atoms with Gasteiger partial charge in [0.1, 0.15) is 0 Å². The molecule has 0 spiro atoms. The van der Waals surface area contributed by atoms with Gasteiger partial charge in [0.2, 0.25) is 0 Å². The maximum Gasteiger partial charge on any atom is 0.0664 e. The Kier molecular flexibility index (Phi) is 4.08. The van der Waals surface area contributed by atoms with Gasteiger partial charge in [0.15, 0.2) is 0 Å². The van der Waals surface area contributed by atoms with Crippen LogP contribution in [0, 0.1) is 11.8 Å². The van der Waals surface area contributed by atoms with E-state index in [9.17, 15) is 0 Å². The van der Waals surface area contributed by atoms with Crippen LogP contribution in [0.5, 0.6) is 0 Å². The van der Waals surface area contributed by atoms with Gasteiger partial charge < -0.3 is 5.32 Å². The topological polar surface area (TPSA) is 12.0 Å². The Morgan fingerprint density at radius 1 is 1.31 bits per heavy atom. The second-order valence-corrected chi connectivity index (χ2v) is 2.91. The first-order chi connectivity index (χ1) is 6.33. The fourth-order valence-electron chi connectivity index (χ4n) is 1.07. The van der Waals surface area contributed by atoms with Gasteiger partial charge in [-0.2, -0.15) is 0 Å². The molecule has 1 rings (SSSR count). The van der Waals surface area contributed by atoms with Crippen LogP contribution in [0.4, 0.5) is 0 Å². The molecule has 0 radical (unpaired) electrons. The third-order valence-corrected chi connectivity index (χ3v) is 1.72. The Labute approximate surface area is 80.2 Å². The van der Waals surface area contributed by atoms with E-state index in [2.05, 4.69) is 31.0 Å². The smallest absolute Gasteiger partial charge is 0.0664 e. The molecule has 0 bridgehead atoms. The van der Waals surface area contributed by atoms with Crippen LogP contribution in [0.15, 0.2) is 30.3 Å². The fourth-order valence-corrected chi connectivity index (χ4v) is 1.07. The van der Waals surface area contributed by atoms with E-state index in [0.29, 0.717) is 0 Å². The van der Waals surface area contributed by atoms with Crippen molar-refractivity contribution in [2.24, 2.45) is 0 Å². The Morgan fingerprint density at radius 2 is 2.00 bits per heavy atom. The molecule has 0 aliphatic rings. The summed E-state index contributed by atoms with van der Waals surface area (Å²) in [5.74, 6) is 6.26. The molecule has 0 aromatic heterocycles. The average molecular weight is 173 g/mol. The molecule has 1 nitrogen and oxygen atoms in total. The zero-order chi connectivity index (χ0) is 9.52. The molecule has 0 amide bonds. The molecule has 68 valence electrons. The van der Waals surface area contributed by atoms with Gasteiger partial charge >= 0.3 is 0 Å². The van der Waals surface area contributed by atoms with E-state index in [0.717, 1.165) is 12.1 Å². The van der Waals surface area contributed by atoms with Crippen LogP contribution in [0.1, 0.15) is 19.4 Å². The molecule has 0 fully saturated rings. The van der Waals surface area contributed by atoms with Crippen LogP contribution in [-0.4, -0.2) is 12.6 Å². The molecule has 0 aliphatic carbocycles. The number of hydrogen-bond donors (Lipinski definition) is 1. The lowest BCUT2D eigenvalue weighted by atomic mass is 10.2. The highest BCUT2D eigenvalue weighted by molar-refractivity contribution is 5.34. The van der Waals surface area contributed by atoms with E-state index < -0.39 is 0 Å². The first-order valence-electron chi connectivity index (χ1n) is 4.63. The van der Waals surface area contributed by atoms with E-state index in [1.165, 1.54) is 0 Å². The zero-order valence-corrected chi connectivity index (χ0v) is 8.17. The van der Waals surface area contributed by atoms with Crippen LogP contribution in [0.25, 0.3) is 0 Å². The highest BCUT2D eigenvalue weighted by Gasteiger charge is 1.90. The summed E-state index contributed by atoms with van der Waals surface area (Å²) in [6.07, 6.45) is 0. The summed E-state index contributed by atoms with van der Waals surface area (Å²) >= 11 is 0. The lowest BCUT2D eigenvalue weighted by molar-refractivity contribution is 0.677. The second-order valence-electron chi connectivity index (χ2n) is 2.91. The highest BCUT2D eigenvalue weighted by atomic mass is 14.9. The maximum atomic E-state index is 3.24. The molecule has 1 unspecified atom stereocenters. The molecule has 1 heteroatoms. The predicted molar refractivity (Wildman–Crippen MR) is 56.5 cm³/mol. The van der Waals surface area contributed by atoms with Crippen LogP contribution >= 0.6 is 0 Å². The summed E-state index contributed by atoms with van der Waals surface area (Å²) in [6.45, 7) is 5.12. The molecule has 0 aliphatic heterocycles. The van der Waals surface area contributed by atoms with Crippen LogP contribution in [0.2, 0.25) is 0 Å². The lowest BCUT2D eigenvalue weighted by Crippen LogP contribution is -2.23. The van der Waals surface area contributed by atoms with Gasteiger partial charge in [-0.05, 0) is 25.6 Å². The summed E-state index contributed by atoms with van der Waals surface area (Å²) in [6, 6.07) is 10.3. The van der Waals surface area contributed by atoms with E-state index in [4.69, 9.17) is 0 Å². The van der Waals surface area contributed by atoms with E-state index in [-0.39, 0.29) is 6.04 Å². The largest absolute Gasteiger partial charge is 0.304 e. The minimum Gasteiger partial charge on any atom is -0.304 e. The van der Waals surface area contributed by atoms with Crippen molar-refractivity contribution in [2.75, 3.05) is 6.54 Å². The molecular formula is C12H15N. The number of rotatable bonds is 2. The predicted octanol–water partition coefficient (Wildman–Crippen LogP) is 2.04. The zero-order valence-electron chi connectivity index (χ0n) is 8.17. The number of benzene rings is 1. The standard InChI is InChI=1S/C12H15N/c1-3-13-11(2)9-10-12-7-5-4-6-8-12/h4-8,11,13H,3H2,1-2H3. The maximum absolute atomic E-state index is 3.24. The van der Waals surface area contributed by atoms with Gasteiger partial charge in [-0.15, -0.1) is 0 Å². The molecule has 1 aromatic carbocycles. The number of hydrogen-bond acceptors (Lipinski definition) is 1. The first kappa shape index (κ1) is 9.83. The molecule has 0 heterocycles. The van der Waals surface area contributed by atoms with Crippen molar-refractivity contribution in [1.82, 2.24) is 5.32 Å². The van der Waals surface area contributed by atoms with Crippen molar-refractivity contribution in [3.05, 3.63) is 35.9 Å². The van der Waals surface area contributed by atoms with Gasteiger partial charge in [-0.1, -0.05) is 37.0 Å². The van der Waals surface area contributed by atoms with Crippen molar-refractivity contribution in [1.29, 1.82) is 0 Å². The van der Waals surface area contributed by atoms with Crippen LogP contribution in [0.3, 0.4) is 0 Å². The van der Waals surface area contributed by atoms with Crippen molar-refractivity contribution in [2.45, 2.75) is 19.9 Å². The Morgan fingerprint density at radius 3 is 2.62 bits per heavy atom. The van der Waals surface area contributed by atoms with Gasteiger partial charge in [-0.3, -0.25) is 0 Å². The second kappa shape index (κ2) is 5.40. The third-order valence-electron chi connectivity index (χ3n) is 1.72. The normalized spacial score (nSPS) is 11.5. The van der Waals surface area contributed by atoms with Crippen LogP contribution < -0.4 is 5.32 Å². The SMILES string of the molecule is CCNC(C)C#Cc1ccccc1. The lowest BCUT2D eigenvalue weighted by Gasteiger charge is -2.01. The summed E-state index contributed by atoms with van der Waals surface area (Å²) in [5, 5.41) is 3.24. The fraction of sp³-hybridized carbons (Fsp3) is 0.333. The summed E-state index contributed by atoms with van der Waals surface area (Å²) in [5.41, 5.74) is 1.08. The first-order valence-corrected chi connectivity index (χ1v) is 4.63. The van der Waals surface area contributed by atoms with Gasteiger partial charge in [0, 0.05) is 5.56 Å². The Balaban J connectivity index is 2.57. The molecule has 0 saturated carbocycles. The van der Waals surface area contributed by atoms with E-state index in [1.807, 2.05) is 30.3 Å². The van der Waals surface area contributed by atoms with Crippen molar-refractivity contribution >= 4 is 0 Å². The van der Waals surface area contributed by atoms with Gasteiger partial charge in [0.05, 0.1) is 6.04 Å². The summed E-state index contributed by atoms with van der Waals surface area (Å²) < 4.78 is 0. The monoisotopic (exact) mass is 173 g/mol. The van der Waals surface area contributed by atoms with Gasteiger partial charge in [-0.25, -0.2) is 0 Å². The van der Waals surface area contributed by atoms with Crippen molar-refractivity contribution in [3.8, 4) is 11.8 Å². The van der Waals surface area contributed by atoms with E-state index in [1.54, 1.807) is 0 Å². The highest BCUT2D eigenvalue weighted by Crippen LogP contribution is 1.94. The minimum atomic E-state index is 0.269. The molecule has 13 heavy (non-hydrogen) atoms. The summed E-state index contributed by atoms with van der Waals surface area (Å²) in [7, 11) is 0. The molecule has 1 aromatic rings. The van der Waals surface area contributed by atoms with Crippen molar-refractivity contribution in [3.63, 3.8) is 0 Å². The Hall–Kier alpha value is -1.26. The van der Waals surface area contributed by atoms with Gasteiger partial charge in [0.25, 0.3) is 0 Å².